The van der Waals surface area contributed by atoms with Crippen LogP contribution in [0.3, 0.4) is 0 Å². The summed E-state index contributed by atoms with van der Waals surface area (Å²) in [5, 5.41) is 4.98. The Kier molecular flexibility index (Phi) is 5.93. The third-order valence-electron chi connectivity index (χ3n) is 4.63. The lowest BCUT2D eigenvalue weighted by Crippen LogP contribution is -2.45. The van der Waals surface area contributed by atoms with Gasteiger partial charge in [0.15, 0.2) is 5.13 Å². The maximum absolute atomic E-state index is 13.0. The Balaban J connectivity index is 1.76. The van der Waals surface area contributed by atoms with Crippen molar-refractivity contribution in [1.82, 2.24) is 10.3 Å². The molecule has 8 heteroatoms. The minimum atomic E-state index is -3.85. The van der Waals surface area contributed by atoms with E-state index in [4.69, 9.17) is 0 Å². The van der Waals surface area contributed by atoms with Crippen LogP contribution < -0.4 is 9.62 Å². The predicted molar refractivity (Wildman–Crippen MR) is 103 cm³/mol. The van der Waals surface area contributed by atoms with E-state index in [1.807, 2.05) is 0 Å². The van der Waals surface area contributed by atoms with Crippen molar-refractivity contribution in [3.8, 4) is 0 Å². The van der Waals surface area contributed by atoms with E-state index in [9.17, 15) is 13.2 Å². The zero-order chi connectivity index (χ0) is 18.6. The van der Waals surface area contributed by atoms with Crippen LogP contribution >= 0.6 is 11.3 Å². The number of hydrogen-bond donors (Lipinski definition) is 1. The van der Waals surface area contributed by atoms with Gasteiger partial charge in [0, 0.05) is 17.6 Å². The Labute approximate surface area is 158 Å². The number of nitrogens with one attached hydrogen (secondary N) is 1. The number of rotatable bonds is 6. The number of amides is 1. The number of nitrogens with zero attached hydrogens (tertiary/aromatic N) is 2. The van der Waals surface area contributed by atoms with E-state index in [1.165, 1.54) is 29.7 Å². The fourth-order valence-electron chi connectivity index (χ4n) is 3.12. The number of carbonyl (C=O) groups is 1. The van der Waals surface area contributed by atoms with Gasteiger partial charge >= 0.3 is 0 Å². The molecule has 1 aromatic carbocycles. The van der Waals surface area contributed by atoms with Crippen LogP contribution in [0.25, 0.3) is 0 Å². The van der Waals surface area contributed by atoms with Crippen LogP contribution in [0.1, 0.15) is 32.6 Å². The fourth-order valence-corrected chi connectivity index (χ4v) is 5.39. The molecular formula is C18H23N3O3S2. The molecule has 1 aliphatic carbocycles. The molecule has 1 heterocycles. The van der Waals surface area contributed by atoms with E-state index in [-0.39, 0.29) is 23.4 Å². The molecule has 0 atom stereocenters. The monoisotopic (exact) mass is 393 g/mol. The van der Waals surface area contributed by atoms with Crippen LogP contribution in [0.2, 0.25) is 0 Å². The first-order valence-electron chi connectivity index (χ1n) is 8.73. The van der Waals surface area contributed by atoms with Gasteiger partial charge in [-0.2, -0.15) is 0 Å². The van der Waals surface area contributed by atoms with E-state index in [1.54, 1.807) is 23.6 Å². The second-order valence-electron chi connectivity index (χ2n) is 6.66. The molecule has 6 nitrogen and oxygen atoms in total. The van der Waals surface area contributed by atoms with Crippen molar-refractivity contribution in [1.29, 1.82) is 0 Å². The summed E-state index contributed by atoms with van der Waals surface area (Å²) in [6.07, 6.45) is 5.59. The number of aromatic nitrogens is 1. The summed E-state index contributed by atoms with van der Waals surface area (Å²) in [6, 6.07) is 8.25. The third-order valence-corrected chi connectivity index (χ3v) is 7.29. The molecule has 2 aromatic rings. The minimum Gasteiger partial charge on any atom is -0.352 e. The summed E-state index contributed by atoms with van der Waals surface area (Å²) in [5.74, 6) is 0.396. The van der Waals surface area contributed by atoms with E-state index in [0.29, 0.717) is 11.0 Å². The van der Waals surface area contributed by atoms with Crippen molar-refractivity contribution in [2.24, 2.45) is 5.92 Å². The van der Waals surface area contributed by atoms with Gasteiger partial charge in [0.2, 0.25) is 5.91 Å². The van der Waals surface area contributed by atoms with Gasteiger partial charge in [-0.3, -0.25) is 4.79 Å². The summed E-state index contributed by atoms with van der Waals surface area (Å²) in [7, 11) is -3.85. The van der Waals surface area contributed by atoms with Gasteiger partial charge in [0.25, 0.3) is 10.0 Å². The number of thiazole rings is 1. The van der Waals surface area contributed by atoms with Crippen LogP contribution in [0, 0.1) is 5.92 Å². The average molecular weight is 394 g/mol. The molecule has 0 bridgehead atoms. The topological polar surface area (TPSA) is 79.4 Å². The predicted octanol–water partition coefficient (Wildman–Crippen LogP) is 3.03. The molecule has 0 saturated heterocycles. The van der Waals surface area contributed by atoms with Crippen molar-refractivity contribution in [2.45, 2.75) is 43.5 Å². The first-order valence-corrected chi connectivity index (χ1v) is 11.1. The lowest BCUT2D eigenvalue weighted by Gasteiger charge is -2.28. The number of hydrogen-bond acceptors (Lipinski definition) is 5. The summed E-state index contributed by atoms with van der Waals surface area (Å²) in [4.78, 5) is 16.8. The first-order chi connectivity index (χ1) is 12.5. The van der Waals surface area contributed by atoms with E-state index >= 15 is 0 Å². The average Bonchev–Trinajstić information content (AvgIpc) is 3.16. The molecule has 140 valence electrons. The molecule has 1 N–H and O–H groups in total. The van der Waals surface area contributed by atoms with Crippen LogP contribution in [0.5, 0.6) is 0 Å². The summed E-state index contributed by atoms with van der Waals surface area (Å²) < 4.78 is 27.1. The Hall–Kier alpha value is -1.93. The highest BCUT2D eigenvalue weighted by molar-refractivity contribution is 7.93. The molecule has 0 radical (unpaired) electrons. The Bertz CT molecular complexity index is 815. The minimum absolute atomic E-state index is 0.122. The van der Waals surface area contributed by atoms with Crippen molar-refractivity contribution >= 4 is 32.4 Å². The van der Waals surface area contributed by atoms with Gasteiger partial charge < -0.3 is 5.32 Å². The van der Waals surface area contributed by atoms with Crippen LogP contribution in [-0.4, -0.2) is 31.9 Å². The Morgan fingerprint density at radius 3 is 2.54 bits per heavy atom. The molecule has 1 fully saturated rings. The Morgan fingerprint density at radius 2 is 1.92 bits per heavy atom. The molecule has 3 rings (SSSR count). The normalized spacial score (nSPS) is 20.5. The first kappa shape index (κ1) is 18.8. The summed E-state index contributed by atoms with van der Waals surface area (Å²) >= 11 is 1.20. The molecule has 0 unspecified atom stereocenters. The van der Waals surface area contributed by atoms with Crippen molar-refractivity contribution in [2.75, 3.05) is 10.8 Å². The standard InChI is InChI=1S/C18H23N3O3S2/c1-14-7-9-15(10-8-14)20-17(22)13-21(18-19-11-12-25-18)26(23,24)16-5-3-2-4-6-16/h2-6,11-12,14-15H,7-10,13H2,1H3,(H,20,22). The lowest BCUT2D eigenvalue weighted by molar-refractivity contribution is -0.120. The van der Waals surface area contributed by atoms with E-state index < -0.39 is 10.0 Å². The molecule has 0 aliphatic heterocycles. The van der Waals surface area contributed by atoms with Crippen LogP contribution in [-0.2, 0) is 14.8 Å². The van der Waals surface area contributed by atoms with Gasteiger partial charge in [-0.15, -0.1) is 11.3 Å². The molecule has 1 aromatic heterocycles. The maximum Gasteiger partial charge on any atom is 0.266 e. The smallest absolute Gasteiger partial charge is 0.266 e. The zero-order valence-corrected chi connectivity index (χ0v) is 16.3. The molecule has 1 amide bonds. The lowest BCUT2D eigenvalue weighted by atomic mass is 9.87. The van der Waals surface area contributed by atoms with Crippen molar-refractivity contribution < 1.29 is 13.2 Å². The van der Waals surface area contributed by atoms with Gasteiger partial charge in [0.1, 0.15) is 6.54 Å². The molecular weight excluding hydrogens is 370 g/mol. The number of anilines is 1. The Morgan fingerprint density at radius 1 is 1.23 bits per heavy atom. The van der Waals surface area contributed by atoms with Crippen molar-refractivity contribution in [3.63, 3.8) is 0 Å². The largest absolute Gasteiger partial charge is 0.352 e. The highest BCUT2D eigenvalue weighted by atomic mass is 32.2. The van der Waals surface area contributed by atoms with Gasteiger partial charge in [0.05, 0.1) is 4.90 Å². The highest BCUT2D eigenvalue weighted by Gasteiger charge is 2.29. The van der Waals surface area contributed by atoms with Gasteiger partial charge in [-0.1, -0.05) is 25.1 Å². The number of sulfonamides is 1. The maximum atomic E-state index is 13.0. The molecule has 1 aliphatic rings. The zero-order valence-electron chi connectivity index (χ0n) is 14.7. The quantitative estimate of drug-likeness (QED) is 0.818. The second kappa shape index (κ2) is 8.18. The fraction of sp³-hybridized carbons (Fsp3) is 0.444. The molecule has 26 heavy (non-hydrogen) atoms. The van der Waals surface area contributed by atoms with Crippen LogP contribution in [0.4, 0.5) is 5.13 Å². The molecule has 1 saturated carbocycles. The number of carbonyl (C=O) groups excluding carboxylic acids is 1. The summed E-state index contributed by atoms with van der Waals surface area (Å²) in [6.45, 7) is 1.95. The van der Waals surface area contributed by atoms with E-state index in [2.05, 4.69) is 17.2 Å². The third kappa shape index (κ3) is 4.42. The molecule has 0 spiro atoms. The van der Waals surface area contributed by atoms with Gasteiger partial charge in [-0.05, 0) is 43.7 Å². The second-order valence-corrected chi connectivity index (χ2v) is 9.40. The highest BCUT2D eigenvalue weighted by Crippen LogP contribution is 2.26. The SMILES string of the molecule is CC1CCC(NC(=O)CN(c2nccs2)S(=O)(=O)c2ccccc2)CC1. The number of benzene rings is 1. The summed E-state index contributed by atoms with van der Waals surface area (Å²) in [5.41, 5.74) is 0. The van der Waals surface area contributed by atoms with Crippen LogP contribution in [0.15, 0.2) is 46.8 Å². The van der Waals surface area contributed by atoms with Gasteiger partial charge in [-0.25, -0.2) is 17.7 Å². The van der Waals surface area contributed by atoms with E-state index in [0.717, 1.165) is 30.0 Å². The van der Waals surface area contributed by atoms with Crippen molar-refractivity contribution in [3.05, 3.63) is 41.9 Å².